The second-order valence-corrected chi connectivity index (χ2v) is 7.31. The van der Waals surface area contributed by atoms with E-state index in [2.05, 4.69) is 11.9 Å². The molecule has 1 aliphatic heterocycles. The van der Waals surface area contributed by atoms with Gasteiger partial charge in [0.25, 0.3) is 5.91 Å². The highest BCUT2D eigenvalue weighted by Gasteiger charge is 2.17. The van der Waals surface area contributed by atoms with Crippen molar-refractivity contribution in [3.05, 3.63) is 51.8 Å². The molecule has 1 aromatic heterocycles. The number of hydrogen-bond acceptors (Lipinski definition) is 4. The van der Waals surface area contributed by atoms with Crippen molar-refractivity contribution >= 4 is 39.1 Å². The summed E-state index contributed by atoms with van der Waals surface area (Å²) in [5.41, 5.74) is 1.40. The fraction of sp³-hybridized carbons (Fsp3) is 0.263. The summed E-state index contributed by atoms with van der Waals surface area (Å²) in [7, 11) is 0. The normalized spacial score (nSPS) is 14.0. The SMILES string of the molecule is CCCn1c(=NC(=O)c2ccccc2Cl)sc2cc3c(cc21)OCCO3. The molecule has 0 N–H and O–H groups in total. The Labute approximate surface area is 159 Å². The van der Waals surface area contributed by atoms with Gasteiger partial charge in [-0.15, -0.1) is 0 Å². The fourth-order valence-electron chi connectivity index (χ4n) is 2.91. The summed E-state index contributed by atoms with van der Waals surface area (Å²) in [6, 6.07) is 10.9. The quantitative estimate of drug-likeness (QED) is 0.673. The van der Waals surface area contributed by atoms with Crippen LogP contribution in [0, 0.1) is 0 Å². The number of nitrogens with zero attached hydrogens (tertiary/aromatic N) is 2. The lowest BCUT2D eigenvalue weighted by Gasteiger charge is -2.18. The van der Waals surface area contributed by atoms with E-state index in [1.54, 1.807) is 24.3 Å². The molecule has 2 heterocycles. The number of aromatic nitrogens is 1. The predicted molar refractivity (Wildman–Crippen MR) is 102 cm³/mol. The summed E-state index contributed by atoms with van der Waals surface area (Å²) < 4.78 is 14.4. The second kappa shape index (κ2) is 7.13. The molecule has 0 saturated carbocycles. The Bertz CT molecular complexity index is 1050. The predicted octanol–water partition coefficient (Wildman–Crippen LogP) is 4.28. The number of aryl methyl sites for hydroxylation is 1. The number of thiazole rings is 1. The maximum atomic E-state index is 12.6. The third-order valence-corrected chi connectivity index (χ3v) is 5.47. The Morgan fingerprint density at radius 3 is 2.69 bits per heavy atom. The van der Waals surface area contributed by atoms with E-state index in [-0.39, 0.29) is 5.91 Å². The zero-order chi connectivity index (χ0) is 18.1. The smallest absolute Gasteiger partial charge is 0.281 e. The minimum atomic E-state index is -0.343. The van der Waals surface area contributed by atoms with Gasteiger partial charge in [-0.3, -0.25) is 4.79 Å². The van der Waals surface area contributed by atoms with Gasteiger partial charge in [-0.1, -0.05) is 42.0 Å². The average molecular weight is 389 g/mol. The average Bonchev–Trinajstić information content (AvgIpc) is 2.96. The fourth-order valence-corrected chi connectivity index (χ4v) is 4.19. The topological polar surface area (TPSA) is 52.8 Å². The number of hydrogen-bond donors (Lipinski definition) is 0. The van der Waals surface area contributed by atoms with Gasteiger partial charge in [-0.2, -0.15) is 4.99 Å². The molecule has 0 saturated heterocycles. The molecule has 0 aliphatic carbocycles. The molecule has 134 valence electrons. The Morgan fingerprint density at radius 2 is 1.96 bits per heavy atom. The lowest BCUT2D eigenvalue weighted by Crippen LogP contribution is -2.17. The molecule has 26 heavy (non-hydrogen) atoms. The number of benzene rings is 2. The minimum Gasteiger partial charge on any atom is -0.486 e. The molecular weight excluding hydrogens is 372 g/mol. The highest BCUT2D eigenvalue weighted by Crippen LogP contribution is 2.35. The molecule has 7 heteroatoms. The van der Waals surface area contributed by atoms with E-state index in [0.717, 1.165) is 34.7 Å². The maximum Gasteiger partial charge on any atom is 0.281 e. The summed E-state index contributed by atoms with van der Waals surface area (Å²) in [6.07, 6.45) is 0.924. The van der Waals surface area contributed by atoms with Gasteiger partial charge in [0.1, 0.15) is 13.2 Å². The summed E-state index contributed by atoms with van der Waals surface area (Å²) in [5.74, 6) is 1.12. The summed E-state index contributed by atoms with van der Waals surface area (Å²) in [5, 5.41) is 0.404. The van der Waals surface area contributed by atoms with Crippen LogP contribution >= 0.6 is 22.9 Å². The highest BCUT2D eigenvalue weighted by atomic mass is 35.5. The number of carbonyl (C=O) groups is 1. The van der Waals surface area contributed by atoms with Crippen molar-refractivity contribution in [2.45, 2.75) is 19.9 Å². The Kier molecular flexibility index (Phi) is 4.70. The van der Waals surface area contributed by atoms with Crippen LogP contribution in [0.25, 0.3) is 10.2 Å². The van der Waals surface area contributed by atoms with Gasteiger partial charge in [0, 0.05) is 18.7 Å². The van der Waals surface area contributed by atoms with Crippen LogP contribution in [-0.2, 0) is 6.54 Å². The van der Waals surface area contributed by atoms with Crippen LogP contribution in [0.2, 0.25) is 5.02 Å². The van der Waals surface area contributed by atoms with Gasteiger partial charge in [-0.05, 0) is 18.6 Å². The Balaban J connectivity index is 1.87. The van der Waals surface area contributed by atoms with E-state index in [0.29, 0.717) is 28.6 Å². The number of fused-ring (bicyclic) bond motifs is 2. The van der Waals surface area contributed by atoms with Crippen molar-refractivity contribution in [3.63, 3.8) is 0 Å². The molecule has 0 fully saturated rings. The first-order valence-corrected chi connectivity index (χ1v) is 9.63. The molecule has 0 spiro atoms. The molecule has 0 atom stereocenters. The second-order valence-electron chi connectivity index (χ2n) is 5.90. The third kappa shape index (κ3) is 3.10. The van der Waals surface area contributed by atoms with Crippen molar-refractivity contribution in [1.82, 2.24) is 4.57 Å². The maximum absolute atomic E-state index is 12.6. The molecule has 2 aromatic carbocycles. The molecule has 4 rings (SSSR count). The van der Waals surface area contributed by atoms with Gasteiger partial charge in [0.05, 0.1) is 20.8 Å². The lowest BCUT2D eigenvalue weighted by atomic mass is 10.2. The van der Waals surface area contributed by atoms with Crippen LogP contribution in [0.3, 0.4) is 0 Å². The van der Waals surface area contributed by atoms with Gasteiger partial charge < -0.3 is 14.0 Å². The van der Waals surface area contributed by atoms with Crippen LogP contribution in [0.15, 0.2) is 41.4 Å². The van der Waals surface area contributed by atoms with Crippen molar-refractivity contribution in [3.8, 4) is 11.5 Å². The van der Waals surface area contributed by atoms with Crippen LogP contribution in [0.5, 0.6) is 11.5 Å². The van der Waals surface area contributed by atoms with Crippen molar-refractivity contribution in [2.24, 2.45) is 4.99 Å². The van der Waals surface area contributed by atoms with Gasteiger partial charge in [0.2, 0.25) is 0 Å². The van der Waals surface area contributed by atoms with E-state index in [1.807, 2.05) is 16.7 Å². The number of rotatable bonds is 3. The van der Waals surface area contributed by atoms with E-state index >= 15 is 0 Å². The van der Waals surface area contributed by atoms with Crippen molar-refractivity contribution < 1.29 is 14.3 Å². The van der Waals surface area contributed by atoms with E-state index in [4.69, 9.17) is 21.1 Å². The lowest BCUT2D eigenvalue weighted by molar-refractivity contribution is 0.0998. The first-order chi connectivity index (χ1) is 12.7. The van der Waals surface area contributed by atoms with Gasteiger partial charge in [-0.25, -0.2) is 0 Å². The summed E-state index contributed by atoms with van der Waals surface area (Å²) in [6.45, 7) is 3.93. The van der Waals surface area contributed by atoms with Crippen LogP contribution < -0.4 is 14.3 Å². The monoisotopic (exact) mass is 388 g/mol. The molecule has 1 aliphatic rings. The number of amides is 1. The number of ether oxygens (including phenoxy) is 2. The first kappa shape index (κ1) is 17.1. The van der Waals surface area contributed by atoms with Crippen molar-refractivity contribution in [1.29, 1.82) is 0 Å². The van der Waals surface area contributed by atoms with Gasteiger partial charge >= 0.3 is 0 Å². The zero-order valence-electron chi connectivity index (χ0n) is 14.2. The van der Waals surface area contributed by atoms with Crippen LogP contribution in [0.4, 0.5) is 0 Å². The molecule has 0 radical (unpaired) electrons. The third-order valence-electron chi connectivity index (χ3n) is 4.10. The van der Waals surface area contributed by atoms with Crippen LogP contribution in [0.1, 0.15) is 23.7 Å². The highest BCUT2D eigenvalue weighted by molar-refractivity contribution is 7.16. The van der Waals surface area contributed by atoms with Crippen LogP contribution in [-0.4, -0.2) is 23.7 Å². The molecular formula is C19H17ClN2O3S. The first-order valence-electron chi connectivity index (χ1n) is 8.44. The Hall–Kier alpha value is -2.31. The van der Waals surface area contributed by atoms with Gasteiger partial charge in [0.15, 0.2) is 16.3 Å². The van der Waals surface area contributed by atoms with E-state index < -0.39 is 0 Å². The standard InChI is InChI=1S/C19H17ClN2O3S/c1-2-7-22-14-10-15-16(25-9-8-24-15)11-17(14)26-19(22)21-18(23)12-5-3-4-6-13(12)20/h3-6,10-11H,2,7-9H2,1H3. The molecule has 0 bridgehead atoms. The largest absolute Gasteiger partial charge is 0.486 e. The zero-order valence-corrected chi connectivity index (χ0v) is 15.8. The Morgan fingerprint density at radius 1 is 1.23 bits per heavy atom. The van der Waals surface area contributed by atoms with E-state index in [9.17, 15) is 4.79 Å². The molecule has 0 unspecified atom stereocenters. The molecule has 5 nitrogen and oxygen atoms in total. The van der Waals surface area contributed by atoms with Crippen molar-refractivity contribution in [2.75, 3.05) is 13.2 Å². The number of carbonyl (C=O) groups excluding carboxylic acids is 1. The molecule has 3 aromatic rings. The minimum absolute atomic E-state index is 0.343. The number of halogens is 1. The summed E-state index contributed by atoms with van der Waals surface area (Å²) >= 11 is 7.60. The summed E-state index contributed by atoms with van der Waals surface area (Å²) in [4.78, 5) is 17.6. The van der Waals surface area contributed by atoms with E-state index in [1.165, 1.54) is 11.3 Å². The molecule has 1 amide bonds.